The van der Waals surface area contributed by atoms with E-state index in [2.05, 4.69) is 19.2 Å². The first-order valence-electron chi connectivity index (χ1n) is 9.64. The fourth-order valence-electron chi connectivity index (χ4n) is 3.02. The maximum atomic E-state index is 13.8. The first-order valence-corrected chi connectivity index (χ1v) is 9.64. The Morgan fingerprint density at radius 1 is 1.14 bits per heavy atom. The van der Waals surface area contributed by atoms with Gasteiger partial charge in [0.2, 0.25) is 6.29 Å². The third-order valence-corrected chi connectivity index (χ3v) is 4.92. The molecule has 4 nitrogen and oxygen atoms in total. The maximum absolute atomic E-state index is 13.8. The van der Waals surface area contributed by atoms with Crippen LogP contribution in [0.1, 0.15) is 55.8 Å². The molecule has 0 radical (unpaired) electrons. The summed E-state index contributed by atoms with van der Waals surface area (Å²) < 4.78 is 39.0. The summed E-state index contributed by atoms with van der Waals surface area (Å²) in [5, 5.41) is 2.70. The van der Waals surface area contributed by atoms with Gasteiger partial charge in [-0.3, -0.25) is 4.79 Å². The monoisotopic (exact) mass is 401 g/mol. The summed E-state index contributed by atoms with van der Waals surface area (Å²) in [5.41, 5.74) is 1.45. The lowest BCUT2D eigenvalue weighted by atomic mass is 10.0. The summed E-state index contributed by atoms with van der Waals surface area (Å²) in [6.07, 6.45) is 1.48. The highest BCUT2D eigenvalue weighted by atomic mass is 19.1. The zero-order valence-corrected chi connectivity index (χ0v) is 17.0. The first-order chi connectivity index (χ1) is 13.7. The van der Waals surface area contributed by atoms with Crippen molar-refractivity contribution in [2.75, 3.05) is 0 Å². The first kappa shape index (κ1) is 20.8. The number of hydrogen-bond acceptors (Lipinski definition) is 3. The minimum atomic E-state index is -0.644. The van der Waals surface area contributed by atoms with Crippen LogP contribution in [0.4, 0.5) is 8.78 Å². The van der Waals surface area contributed by atoms with E-state index < -0.39 is 29.9 Å². The minimum Gasteiger partial charge on any atom is -0.455 e. The Morgan fingerprint density at radius 2 is 1.83 bits per heavy atom. The van der Waals surface area contributed by atoms with Crippen LogP contribution >= 0.6 is 0 Å². The maximum Gasteiger partial charge on any atom is 0.286 e. The van der Waals surface area contributed by atoms with Crippen molar-refractivity contribution in [3.05, 3.63) is 76.6 Å². The molecule has 0 aromatic heterocycles. The van der Waals surface area contributed by atoms with Gasteiger partial charge in [-0.15, -0.1) is 0 Å². The number of ether oxygens (including phenoxy) is 2. The number of amides is 1. The van der Waals surface area contributed by atoms with Crippen molar-refractivity contribution in [1.29, 1.82) is 0 Å². The zero-order valence-electron chi connectivity index (χ0n) is 17.0. The summed E-state index contributed by atoms with van der Waals surface area (Å²) in [6.45, 7) is 7.22. The lowest BCUT2D eigenvalue weighted by molar-refractivity contribution is -0.125. The topological polar surface area (TPSA) is 47.6 Å². The summed E-state index contributed by atoms with van der Waals surface area (Å²) >= 11 is 0. The highest BCUT2D eigenvalue weighted by Gasteiger charge is 2.26. The SMILES string of the molecule is Cc1c(F)cc(C(C)NC(=O)C2=CCC(Oc3cccc(C(C)C)c3)O2)cc1F. The van der Waals surface area contributed by atoms with Crippen molar-refractivity contribution in [3.8, 4) is 5.75 Å². The number of rotatable bonds is 6. The van der Waals surface area contributed by atoms with Gasteiger partial charge in [-0.25, -0.2) is 8.78 Å². The van der Waals surface area contributed by atoms with Crippen molar-refractivity contribution >= 4 is 5.91 Å². The average Bonchev–Trinajstić information content (AvgIpc) is 3.14. The van der Waals surface area contributed by atoms with Crippen molar-refractivity contribution in [1.82, 2.24) is 5.32 Å². The van der Waals surface area contributed by atoms with Gasteiger partial charge in [0.15, 0.2) is 5.76 Å². The van der Waals surface area contributed by atoms with E-state index >= 15 is 0 Å². The molecule has 154 valence electrons. The number of hydrogen-bond donors (Lipinski definition) is 1. The van der Waals surface area contributed by atoms with Crippen LogP contribution < -0.4 is 10.1 Å². The average molecular weight is 401 g/mol. The highest BCUT2D eigenvalue weighted by molar-refractivity contribution is 5.92. The number of carbonyl (C=O) groups excluding carboxylic acids is 1. The molecule has 29 heavy (non-hydrogen) atoms. The van der Waals surface area contributed by atoms with Gasteiger partial charge in [0, 0.05) is 12.0 Å². The number of carbonyl (C=O) groups is 1. The fraction of sp³-hybridized carbons (Fsp3) is 0.348. The molecule has 2 aromatic rings. The van der Waals surface area contributed by atoms with E-state index in [9.17, 15) is 13.6 Å². The van der Waals surface area contributed by atoms with Crippen LogP contribution in [0.5, 0.6) is 5.75 Å². The van der Waals surface area contributed by atoms with E-state index in [0.29, 0.717) is 23.7 Å². The second-order valence-electron chi connectivity index (χ2n) is 7.50. The Hall–Kier alpha value is -2.89. The fourth-order valence-corrected chi connectivity index (χ4v) is 3.02. The van der Waals surface area contributed by atoms with Crippen molar-refractivity contribution < 1.29 is 23.0 Å². The Bertz CT molecular complexity index is 916. The van der Waals surface area contributed by atoms with E-state index in [4.69, 9.17) is 9.47 Å². The lowest BCUT2D eigenvalue weighted by Gasteiger charge is -2.18. The predicted octanol–water partition coefficient (Wildman–Crippen LogP) is 5.28. The summed E-state index contributed by atoms with van der Waals surface area (Å²) in [7, 11) is 0. The standard InChI is InChI=1S/C23H25F2NO3/c1-13(2)16-6-5-7-18(10-16)28-22-9-8-21(29-22)23(27)26-15(4)17-11-19(24)14(3)20(25)12-17/h5-8,10-13,15,22H,9H2,1-4H3,(H,26,27). The van der Waals surface area contributed by atoms with Crippen molar-refractivity contribution in [3.63, 3.8) is 0 Å². The molecule has 0 saturated heterocycles. The van der Waals surface area contributed by atoms with E-state index in [0.717, 1.165) is 5.56 Å². The van der Waals surface area contributed by atoms with Gasteiger partial charge < -0.3 is 14.8 Å². The second-order valence-corrected chi connectivity index (χ2v) is 7.50. The molecule has 0 saturated carbocycles. The molecular formula is C23H25F2NO3. The minimum absolute atomic E-state index is 0.0457. The van der Waals surface area contributed by atoms with Crippen LogP contribution in [0, 0.1) is 18.6 Å². The molecule has 1 amide bonds. The van der Waals surface area contributed by atoms with Gasteiger partial charge in [-0.2, -0.15) is 0 Å². The summed E-state index contributed by atoms with van der Waals surface area (Å²) in [6, 6.07) is 9.61. The quantitative estimate of drug-likeness (QED) is 0.716. The second kappa shape index (κ2) is 8.64. The number of halogens is 2. The van der Waals surface area contributed by atoms with Crippen LogP contribution in [0.15, 0.2) is 48.2 Å². The van der Waals surface area contributed by atoms with Gasteiger partial charge in [-0.1, -0.05) is 26.0 Å². The molecular weight excluding hydrogens is 376 g/mol. The molecule has 6 heteroatoms. The van der Waals surface area contributed by atoms with Crippen molar-refractivity contribution in [2.45, 2.75) is 52.4 Å². The number of nitrogens with one attached hydrogen (secondary N) is 1. The zero-order chi connectivity index (χ0) is 21.1. The van der Waals surface area contributed by atoms with Crippen LogP contribution in [-0.2, 0) is 9.53 Å². The molecule has 1 N–H and O–H groups in total. The summed E-state index contributed by atoms with van der Waals surface area (Å²) in [5.74, 6) is -0.560. The third kappa shape index (κ3) is 4.94. The Kier molecular flexibility index (Phi) is 6.20. The van der Waals surface area contributed by atoms with Gasteiger partial charge in [-0.05, 0) is 61.2 Å². The van der Waals surface area contributed by atoms with E-state index in [1.54, 1.807) is 13.0 Å². The highest BCUT2D eigenvalue weighted by Crippen LogP contribution is 2.26. The van der Waals surface area contributed by atoms with Gasteiger partial charge in [0.1, 0.15) is 17.4 Å². The lowest BCUT2D eigenvalue weighted by Crippen LogP contribution is -2.29. The molecule has 2 unspecified atom stereocenters. The molecule has 0 spiro atoms. The largest absolute Gasteiger partial charge is 0.455 e. The molecule has 1 aliphatic rings. The van der Waals surface area contributed by atoms with Gasteiger partial charge in [0.05, 0.1) is 6.04 Å². The van der Waals surface area contributed by atoms with E-state index in [-0.39, 0.29) is 11.3 Å². The molecule has 2 atom stereocenters. The smallest absolute Gasteiger partial charge is 0.286 e. The Balaban J connectivity index is 1.58. The van der Waals surface area contributed by atoms with Gasteiger partial charge >= 0.3 is 0 Å². The van der Waals surface area contributed by atoms with Crippen LogP contribution in [0.25, 0.3) is 0 Å². The van der Waals surface area contributed by atoms with Crippen LogP contribution in [0.3, 0.4) is 0 Å². The molecule has 0 fully saturated rings. The molecule has 1 heterocycles. The molecule has 1 aliphatic heterocycles. The normalized spacial score (nSPS) is 16.9. The summed E-state index contributed by atoms with van der Waals surface area (Å²) in [4.78, 5) is 12.5. The third-order valence-electron chi connectivity index (χ3n) is 4.92. The van der Waals surface area contributed by atoms with Crippen molar-refractivity contribution in [2.24, 2.45) is 0 Å². The molecule has 0 aliphatic carbocycles. The van der Waals surface area contributed by atoms with E-state index in [1.807, 2.05) is 24.3 Å². The van der Waals surface area contributed by atoms with Gasteiger partial charge in [0.25, 0.3) is 5.91 Å². The molecule has 2 aromatic carbocycles. The van der Waals surface area contributed by atoms with E-state index in [1.165, 1.54) is 19.1 Å². The Labute approximate surface area is 169 Å². The molecule has 3 rings (SSSR count). The Morgan fingerprint density at radius 3 is 2.48 bits per heavy atom. The predicted molar refractivity (Wildman–Crippen MR) is 106 cm³/mol. The molecule has 0 bridgehead atoms. The van der Waals surface area contributed by atoms with Crippen LogP contribution in [0.2, 0.25) is 0 Å². The number of benzene rings is 2. The van der Waals surface area contributed by atoms with Crippen LogP contribution in [-0.4, -0.2) is 12.2 Å².